The summed E-state index contributed by atoms with van der Waals surface area (Å²) in [6.45, 7) is 2.61. The zero-order chi connectivity index (χ0) is 30.4. The molecule has 8 nitrogen and oxygen atoms in total. The van der Waals surface area contributed by atoms with Crippen LogP contribution in [-0.2, 0) is 32.2 Å². The number of unbranched alkanes of at least 4 members (excludes halogenated alkanes) is 2. The maximum absolute atomic E-state index is 12.3. The van der Waals surface area contributed by atoms with E-state index < -0.39 is 6.29 Å². The normalized spacial score (nSPS) is 18.2. The topological polar surface area (TPSA) is 106 Å². The molecular weight excluding hydrogens is 564 g/mol. The SMILES string of the molecule is COc1ccccc1SC[C@@H]1C[C@H](c2ccc(CO)cc2)O[C@H](c2ccc(CNC(=O)CCCCCNC(C)=O)cc2)O1. The van der Waals surface area contributed by atoms with Crippen molar-refractivity contribution in [1.29, 1.82) is 0 Å². The molecule has 0 spiro atoms. The Morgan fingerprint density at radius 3 is 2.35 bits per heavy atom. The maximum Gasteiger partial charge on any atom is 0.220 e. The van der Waals surface area contributed by atoms with E-state index in [2.05, 4.69) is 16.7 Å². The molecule has 9 heteroatoms. The zero-order valence-corrected chi connectivity index (χ0v) is 25.7. The largest absolute Gasteiger partial charge is 0.496 e. The Balaban J connectivity index is 1.35. The van der Waals surface area contributed by atoms with Gasteiger partial charge in [0.05, 0.1) is 25.9 Å². The van der Waals surface area contributed by atoms with E-state index >= 15 is 0 Å². The summed E-state index contributed by atoms with van der Waals surface area (Å²) in [5, 5.41) is 15.2. The molecule has 0 radical (unpaired) electrons. The van der Waals surface area contributed by atoms with Gasteiger partial charge in [0, 0.05) is 49.1 Å². The number of nitrogens with one attached hydrogen (secondary N) is 2. The van der Waals surface area contributed by atoms with Crippen LogP contribution in [0.5, 0.6) is 5.75 Å². The first-order valence-corrected chi connectivity index (χ1v) is 15.8. The van der Waals surface area contributed by atoms with Gasteiger partial charge in [-0.2, -0.15) is 0 Å². The van der Waals surface area contributed by atoms with Gasteiger partial charge < -0.3 is 30.0 Å². The smallest absolute Gasteiger partial charge is 0.220 e. The lowest BCUT2D eigenvalue weighted by Gasteiger charge is -2.36. The lowest BCUT2D eigenvalue weighted by Crippen LogP contribution is -2.31. The molecule has 3 aromatic carbocycles. The van der Waals surface area contributed by atoms with E-state index in [4.69, 9.17) is 14.2 Å². The van der Waals surface area contributed by atoms with Gasteiger partial charge in [0.2, 0.25) is 11.8 Å². The van der Waals surface area contributed by atoms with Gasteiger partial charge >= 0.3 is 0 Å². The molecule has 0 unspecified atom stereocenters. The molecule has 4 rings (SSSR count). The third-order valence-electron chi connectivity index (χ3n) is 7.30. The fraction of sp³-hybridized carbons (Fsp3) is 0.412. The first-order chi connectivity index (χ1) is 20.9. The lowest BCUT2D eigenvalue weighted by atomic mass is 10.0. The second-order valence-electron chi connectivity index (χ2n) is 10.6. The minimum absolute atomic E-state index is 0.00243. The number of thioether (sulfide) groups is 1. The molecule has 0 saturated carbocycles. The van der Waals surface area contributed by atoms with Gasteiger partial charge in [-0.1, -0.05) is 67.1 Å². The molecule has 230 valence electrons. The minimum atomic E-state index is -0.541. The number of aliphatic hydroxyl groups excluding tert-OH is 1. The van der Waals surface area contributed by atoms with E-state index in [0.717, 1.165) is 57.9 Å². The van der Waals surface area contributed by atoms with Crippen LogP contribution in [0.4, 0.5) is 0 Å². The van der Waals surface area contributed by atoms with Gasteiger partial charge in [0.1, 0.15) is 5.75 Å². The highest BCUT2D eigenvalue weighted by atomic mass is 32.2. The highest BCUT2D eigenvalue weighted by Crippen LogP contribution is 2.40. The molecule has 1 heterocycles. The third-order valence-corrected chi connectivity index (χ3v) is 8.49. The summed E-state index contributed by atoms with van der Waals surface area (Å²) in [4.78, 5) is 24.3. The molecule has 3 aromatic rings. The van der Waals surface area contributed by atoms with Crippen LogP contribution in [0.2, 0.25) is 0 Å². The van der Waals surface area contributed by atoms with Crippen molar-refractivity contribution in [3.63, 3.8) is 0 Å². The minimum Gasteiger partial charge on any atom is -0.496 e. The fourth-order valence-electron chi connectivity index (χ4n) is 4.88. The number of aliphatic hydroxyl groups is 1. The van der Waals surface area contributed by atoms with Crippen LogP contribution in [0.3, 0.4) is 0 Å². The van der Waals surface area contributed by atoms with Crippen molar-refractivity contribution in [3.05, 3.63) is 95.1 Å². The molecule has 1 aliphatic rings. The van der Waals surface area contributed by atoms with E-state index in [1.54, 1.807) is 18.9 Å². The van der Waals surface area contributed by atoms with Crippen LogP contribution in [0, 0.1) is 0 Å². The molecule has 1 saturated heterocycles. The molecule has 1 fully saturated rings. The van der Waals surface area contributed by atoms with Crippen LogP contribution in [0.1, 0.15) is 73.7 Å². The van der Waals surface area contributed by atoms with Gasteiger partial charge in [-0.15, -0.1) is 11.8 Å². The Bertz CT molecular complexity index is 1300. The second kappa shape index (κ2) is 17.1. The molecule has 43 heavy (non-hydrogen) atoms. The quantitative estimate of drug-likeness (QED) is 0.148. The van der Waals surface area contributed by atoms with Gasteiger partial charge in [-0.3, -0.25) is 9.59 Å². The van der Waals surface area contributed by atoms with E-state index in [0.29, 0.717) is 25.9 Å². The van der Waals surface area contributed by atoms with Crippen molar-refractivity contribution in [2.24, 2.45) is 0 Å². The van der Waals surface area contributed by atoms with Gasteiger partial charge in [-0.05, 0) is 41.7 Å². The maximum atomic E-state index is 12.3. The Hall–Kier alpha value is -3.37. The van der Waals surface area contributed by atoms with Crippen molar-refractivity contribution in [2.45, 2.75) is 75.6 Å². The summed E-state index contributed by atoms with van der Waals surface area (Å²) < 4.78 is 18.5. The predicted octanol–water partition coefficient (Wildman–Crippen LogP) is 5.84. The summed E-state index contributed by atoms with van der Waals surface area (Å²) in [6, 6.07) is 23.8. The Morgan fingerprint density at radius 2 is 1.63 bits per heavy atom. The van der Waals surface area contributed by atoms with Crippen LogP contribution < -0.4 is 15.4 Å². The number of carbonyl (C=O) groups is 2. The number of rotatable bonds is 15. The Kier molecular flexibility index (Phi) is 12.9. The van der Waals surface area contributed by atoms with Crippen molar-refractivity contribution < 1.29 is 28.9 Å². The van der Waals surface area contributed by atoms with E-state index in [-0.39, 0.29) is 30.6 Å². The van der Waals surface area contributed by atoms with Crippen molar-refractivity contribution >= 4 is 23.6 Å². The average molecular weight is 607 g/mol. The highest BCUT2D eigenvalue weighted by Gasteiger charge is 2.32. The van der Waals surface area contributed by atoms with Gasteiger partial charge in [0.25, 0.3) is 0 Å². The van der Waals surface area contributed by atoms with E-state index in [1.165, 1.54) is 6.92 Å². The van der Waals surface area contributed by atoms with Crippen LogP contribution >= 0.6 is 11.8 Å². The molecule has 1 aliphatic heterocycles. The molecule has 0 bridgehead atoms. The van der Waals surface area contributed by atoms with Gasteiger partial charge in [-0.25, -0.2) is 0 Å². The third kappa shape index (κ3) is 10.4. The molecule has 3 atom stereocenters. The van der Waals surface area contributed by atoms with Crippen molar-refractivity contribution in [1.82, 2.24) is 10.6 Å². The number of hydrogen-bond donors (Lipinski definition) is 3. The monoisotopic (exact) mass is 606 g/mol. The molecule has 3 N–H and O–H groups in total. The summed E-state index contributed by atoms with van der Waals surface area (Å²) in [5.41, 5.74) is 3.82. The fourth-order valence-corrected chi connectivity index (χ4v) is 5.93. The van der Waals surface area contributed by atoms with Crippen LogP contribution in [0.15, 0.2) is 77.7 Å². The van der Waals surface area contributed by atoms with E-state index in [1.807, 2.05) is 66.7 Å². The number of carbonyl (C=O) groups excluding carboxylic acids is 2. The lowest BCUT2D eigenvalue weighted by molar-refractivity contribution is -0.245. The first kappa shape index (κ1) is 32.5. The van der Waals surface area contributed by atoms with Crippen molar-refractivity contribution in [2.75, 3.05) is 19.4 Å². The summed E-state index contributed by atoms with van der Waals surface area (Å²) >= 11 is 1.71. The van der Waals surface area contributed by atoms with Crippen LogP contribution in [-0.4, -0.2) is 42.4 Å². The molecule has 0 aromatic heterocycles. The van der Waals surface area contributed by atoms with Gasteiger partial charge in [0.15, 0.2) is 6.29 Å². The number of benzene rings is 3. The molecule has 0 aliphatic carbocycles. The number of hydrogen-bond acceptors (Lipinski definition) is 7. The summed E-state index contributed by atoms with van der Waals surface area (Å²) in [6.07, 6.45) is 2.97. The predicted molar refractivity (Wildman–Crippen MR) is 168 cm³/mol. The number of para-hydroxylation sites is 1. The number of methoxy groups -OCH3 is 1. The number of amides is 2. The second-order valence-corrected chi connectivity index (χ2v) is 11.7. The average Bonchev–Trinajstić information content (AvgIpc) is 3.04. The standard InChI is InChI=1S/C34H42N2O6S/c1-24(38)35-19-7-3-4-10-33(39)36-21-25-11-17-28(18-12-25)34-41-29(23-43-32-9-6-5-8-30(32)40-2)20-31(42-34)27-15-13-26(22-37)14-16-27/h5-6,8-9,11-18,29,31,34,37H,3-4,7,10,19-23H2,1-2H3,(H,35,38)(H,36,39)/t29-,31+,34+/m0/s1. The molecular formula is C34H42N2O6S. The summed E-state index contributed by atoms with van der Waals surface area (Å²) in [5.74, 6) is 1.58. The van der Waals surface area contributed by atoms with E-state index in [9.17, 15) is 14.7 Å². The Morgan fingerprint density at radius 1 is 0.907 bits per heavy atom. The Labute approximate surface area is 258 Å². The highest BCUT2D eigenvalue weighted by molar-refractivity contribution is 7.99. The molecule has 2 amide bonds. The summed E-state index contributed by atoms with van der Waals surface area (Å²) in [7, 11) is 1.68. The van der Waals surface area contributed by atoms with Crippen LogP contribution in [0.25, 0.3) is 0 Å². The zero-order valence-electron chi connectivity index (χ0n) is 24.9. The van der Waals surface area contributed by atoms with Crippen molar-refractivity contribution in [3.8, 4) is 5.75 Å². The number of ether oxygens (including phenoxy) is 3. The first-order valence-electron chi connectivity index (χ1n) is 14.8.